The van der Waals surface area contributed by atoms with Crippen molar-refractivity contribution in [2.24, 2.45) is 17.3 Å². The fourth-order valence-electron chi connectivity index (χ4n) is 4.48. The molecule has 4 rings (SSSR count). The van der Waals surface area contributed by atoms with E-state index in [2.05, 4.69) is 36.7 Å². The van der Waals surface area contributed by atoms with Gasteiger partial charge in [-0.25, -0.2) is 0 Å². The van der Waals surface area contributed by atoms with Crippen LogP contribution < -0.4 is 0 Å². The Balaban J connectivity index is 1.65. The molecule has 4 aliphatic rings. The number of alkyl halides is 1. The summed E-state index contributed by atoms with van der Waals surface area (Å²) in [5, 5.41) is 1.08. The smallest absolute Gasteiger partial charge is 0.405 e. The van der Waals surface area contributed by atoms with Gasteiger partial charge in [-0.2, -0.15) is 0 Å². The van der Waals surface area contributed by atoms with E-state index in [9.17, 15) is 0 Å². The van der Waals surface area contributed by atoms with Crippen LogP contribution in [0.4, 0.5) is 0 Å². The molecule has 4 fully saturated rings. The molecule has 0 aromatic rings. The first-order chi connectivity index (χ1) is 8.48. The highest BCUT2D eigenvalue weighted by Gasteiger charge is 2.67. The molecule has 1 heterocycles. The van der Waals surface area contributed by atoms with Crippen LogP contribution in [-0.4, -0.2) is 24.2 Å². The van der Waals surface area contributed by atoms with Crippen molar-refractivity contribution in [1.82, 2.24) is 0 Å². The number of hydrogen-bond donors (Lipinski definition) is 0. The molecule has 1 aliphatic heterocycles. The largest absolute Gasteiger partial charge is 0.457 e. The van der Waals surface area contributed by atoms with Crippen LogP contribution in [-0.2, 0) is 9.31 Å². The van der Waals surface area contributed by atoms with Crippen molar-refractivity contribution < 1.29 is 9.31 Å². The van der Waals surface area contributed by atoms with Gasteiger partial charge in [-0.15, -0.1) is 0 Å². The molecule has 0 aromatic heterocycles. The Hall–Kier alpha value is 0.465. The molecular formula is C14H24BBrO2. The van der Waals surface area contributed by atoms with E-state index < -0.39 is 0 Å². The zero-order valence-electron chi connectivity index (χ0n) is 11.7. The molecule has 2 bridgehead atoms. The highest BCUT2D eigenvalue weighted by Crippen LogP contribution is 2.65. The summed E-state index contributed by atoms with van der Waals surface area (Å²) >= 11 is 3.48. The van der Waals surface area contributed by atoms with Crippen LogP contribution >= 0.6 is 15.9 Å². The predicted molar refractivity (Wildman–Crippen MR) is 77.9 cm³/mol. The summed E-state index contributed by atoms with van der Waals surface area (Å²) in [5.41, 5.74) is 0.441. The Bertz CT molecular complexity index is 336. The van der Waals surface area contributed by atoms with Gasteiger partial charge in [-0.05, 0) is 49.8 Å². The van der Waals surface area contributed by atoms with E-state index in [4.69, 9.17) is 9.31 Å². The topological polar surface area (TPSA) is 18.5 Å². The Morgan fingerprint density at radius 2 is 2.00 bits per heavy atom. The molecular weight excluding hydrogens is 291 g/mol. The van der Waals surface area contributed by atoms with Crippen LogP contribution in [0.2, 0.25) is 6.32 Å². The summed E-state index contributed by atoms with van der Waals surface area (Å²) in [6.45, 7) is 7.12. The minimum absolute atomic E-state index is 0.0165. The van der Waals surface area contributed by atoms with E-state index in [0.29, 0.717) is 17.4 Å². The van der Waals surface area contributed by atoms with Crippen molar-refractivity contribution in [3.63, 3.8) is 0 Å². The molecule has 1 saturated heterocycles. The van der Waals surface area contributed by atoms with Crippen molar-refractivity contribution in [1.29, 1.82) is 0 Å². The maximum absolute atomic E-state index is 6.35. The standard InChI is InChI=1S/C14H24BBrO2/c1-13(2)10-8-11(13)14(3)12(9-10)17-15(18-14)6-4-5-7-16/h10-12H,4-9H2,1-3H3/t10-,11-,12+,14-/m0/s1. The molecule has 3 aliphatic carbocycles. The van der Waals surface area contributed by atoms with Crippen LogP contribution in [0.25, 0.3) is 0 Å². The van der Waals surface area contributed by atoms with Crippen LogP contribution in [0.15, 0.2) is 0 Å². The fourth-order valence-corrected chi connectivity index (χ4v) is 4.88. The maximum Gasteiger partial charge on any atom is 0.457 e. The molecule has 4 heteroatoms. The van der Waals surface area contributed by atoms with Crippen LogP contribution in [0.1, 0.15) is 46.5 Å². The zero-order chi connectivity index (χ0) is 13.0. The summed E-state index contributed by atoms with van der Waals surface area (Å²) in [6.07, 6.45) is 6.35. The van der Waals surface area contributed by atoms with Crippen molar-refractivity contribution in [2.45, 2.75) is 64.5 Å². The summed E-state index contributed by atoms with van der Waals surface area (Å²) in [7, 11) is 0.0502. The van der Waals surface area contributed by atoms with E-state index in [0.717, 1.165) is 17.6 Å². The Morgan fingerprint density at radius 1 is 1.22 bits per heavy atom. The van der Waals surface area contributed by atoms with Crippen molar-refractivity contribution in [2.75, 3.05) is 5.33 Å². The molecule has 0 aromatic carbocycles. The fraction of sp³-hybridized carbons (Fsp3) is 1.00. The second-order valence-electron chi connectivity index (χ2n) is 7.08. The van der Waals surface area contributed by atoms with E-state index in [1.54, 1.807) is 0 Å². The molecule has 0 unspecified atom stereocenters. The predicted octanol–water partition coefficient (Wildman–Crippen LogP) is 3.89. The third-order valence-electron chi connectivity index (χ3n) is 5.83. The average Bonchev–Trinajstić information content (AvgIpc) is 2.64. The van der Waals surface area contributed by atoms with Gasteiger partial charge in [0.2, 0.25) is 0 Å². The Labute approximate surface area is 119 Å². The first-order valence-corrected chi connectivity index (χ1v) is 8.50. The van der Waals surface area contributed by atoms with Gasteiger partial charge >= 0.3 is 7.12 Å². The Kier molecular flexibility index (Phi) is 3.36. The normalized spacial score (nSPS) is 44.7. The lowest BCUT2D eigenvalue weighted by Crippen LogP contribution is -2.65. The number of rotatable bonds is 4. The molecule has 102 valence electrons. The zero-order valence-corrected chi connectivity index (χ0v) is 13.3. The first kappa shape index (κ1) is 13.4. The Morgan fingerprint density at radius 3 is 2.67 bits per heavy atom. The summed E-state index contributed by atoms with van der Waals surface area (Å²) < 4.78 is 12.5. The maximum atomic E-state index is 6.35. The third-order valence-corrected chi connectivity index (χ3v) is 6.39. The van der Waals surface area contributed by atoms with Gasteiger partial charge in [-0.3, -0.25) is 0 Å². The molecule has 0 radical (unpaired) electrons. The van der Waals surface area contributed by atoms with E-state index in [1.165, 1.54) is 25.7 Å². The second kappa shape index (κ2) is 4.49. The molecule has 2 nitrogen and oxygen atoms in total. The molecule has 18 heavy (non-hydrogen) atoms. The number of unbranched alkanes of at least 4 members (excludes halogenated alkanes) is 1. The highest BCUT2D eigenvalue weighted by atomic mass is 79.9. The van der Waals surface area contributed by atoms with E-state index >= 15 is 0 Å². The quantitative estimate of drug-likeness (QED) is 0.445. The van der Waals surface area contributed by atoms with Crippen molar-refractivity contribution >= 4 is 23.0 Å². The van der Waals surface area contributed by atoms with Crippen LogP contribution in [0.5, 0.6) is 0 Å². The van der Waals surface area contributed by atoms with Gasteiger partial charge < -0.3 is 9.31 Å². The average molecular weight is 315 g/mol. The molecule has 3 saturated carbocycles. The lowest BCUT2D eigenvalue weighted by atomic mass is 9.43. The van der Waals surface area contributed by atoms with Crippen molar-refractivity contribution in [3.8, 4) is 0 Å². The minimum atomic E-state index is -0.0165. The van der Waals surface area contributed by atoms with Gasteiger partial charge in [0.1, 0.15) is 0 Å². The lowest BCUT2D eigenvalue weighted by molar-refractivity contribution is -0.199. The molecule has 0 N–H and O–H groups in total. The highest BCUT2D eigenvalue weighted by molar-refractivity contribution is 9.09. The first-order valence-electron chi connectivity index (χ1n) is 7.37. The number of hydrogen-bond acceptors (Lipinski definition) is 2. The third kappa shape index (κ3) is 1.82. The second-order valence-corrected chi connectivity index (χ2v) is 7.88. The monoisotopic (exact) mass is 314 g/mol. The number of halogens is 1. The minimum Gasteiger partial charge on any atom is -0.405 e. The van der Waals surface area contributed by atoms with Crippen LogP contribution in [0, 0.1) is 17.3 Å². The summed E-state index contributed by atoms with van der Waals surface area (Å²) in [4.78, 5) is 0. The SMILES string of the molecule is CC1(C)[C@@H]2C[C@H]3OB(CCCCBr)O[C@@]3(C)[C@H]1C2. The van der Waals surface area contributed by atoms with Crippen LogP contribution in [0.3, 0.4) is 0 Å². The molecule has 0 amide bonds. The van der Waals surface area contributed by atoms with Gasteiger partial charge in [0.25, 0.3) is 0 Å². The van der Waals surface area contributed by atoms with E-state index in [-0.39, 0.29) is 12.7 Å². The van der Waals surface area contributed by atoms with Gasteiger partial charge in [0, 0.05) is 5.33 Å². The summed E-state index contributed by atoms with van der Waals surface area (Å²) in [6, 6.07) is 0. The molecule has 4 atom stereocenters. The van der Waals surface area contributed by atoms with Crippen molar-refractivity contribution in [3.05, 3.63) is 0 Å². The van der Waals surface area contributed by atoms with Gasteiger partial charge in [0.15, 0.2) is 0 Å². The lowest BCUT2D eigenvalue weighted by Gasteiger charge is -2.64. The van der Waals surface area contributed by atoms with Gasteiger partial charge in [-0.1, -0.05) is 36.2 Å². The van der Waals surface area contributed by atoms with Gasteiger partial charge in [0.05, 0.1) is 11.7 Å². The van der Waals surface area contributed by atoms with E-state index in [1.807, 2.05) is 0 Å². The molecule has 0 spiro atoms. The summed E-state index contributed by atoms with van der Waals surface area (Å²) in [5.74, 6) is 1.54.